The highest BCUT2D eigenvalue weighted by Gasteiger charge is 2.23. The molecule has 72 valence electrons. The van der Waals surface area contributed by atoms with Gasteiger partial charge in [0.15, 0.2) is 10.7 Å². The predicted molar refractivity (Wildman–Crippen MR) is 41.1 cm³/mol. The lowest BCUT2D eigenvalue weighted by atomic mass is 10.2. The van der Waals surface area contributed by atoms with Gasteiger partial charge in [-0.15, -0.1) is 3.89 Å². The topological polar surface area (TPSA) is 54.4 Å². The predicted octanol–water partition coefficient (Wildman–Crippen LogP) is 1.50. The van der Waals surface area contributed by atoms with Crippen molar-refractivity contribution in [2.75, 3.05) is 0 Å². The summed E-state index contributed by atoms with van der Waals surface area (Å²) in [5.41, 5.74) is -0.0472. The molecule has 13 heavy (non-hydrogen) atoms. The summed E-state index contributed by atoms with van der Waals surface area (Å²) in [6.07, 6.45) is 0. The van der Waals surface area contributed by atoms with Gasteiger partial charge >= 0.3 is 10.2 Å². The normalized spacial score (nSPS) is 11.6. The summed E-state index contributed by atoms with van der Waals surface area (Å²) in [6, 6.07) is 2.07. The quantitative estimate of drug-likeness (QED) is 0.711. The summed E-state index contributed by atoms with van der Waals surface area (Å²) in [5.74, 6) is -2.19. The monoisotopic (exact) mass is 208 g/mol. The molecule has 1 rings (SSSR count). The Balaban J connectivity index is 3.62. The van der Waals surface area contributed by atoms with Crippen LogP contribution < -0.4 is 0 Å². The molecule has 3 nitrogen and oxygen atoms in total. The van der Waals surface area contributed by atoms with E-state index in [0.29, 0.717) is 0 Å². The van der Waals surface area contributed by atoms with E-state index in [1.807, 2.05) is 0 Å². The van der Waals surface area contributed by atoms with Crippen LogP contribution in [0.5, 0.6) is 5.75 Å². The van der Waals surface area contributed by atoms with Gasteiger partial charge in [-0.3, -0.25) is 0 Å². The summed E-state index contributed by atoms with van der Waals surface area (Å²) < 4.78 is 46.1. The van der Waals surface area contributed by atoms with Crippen LogP contribution in [0.2, 0.25) is 0 Å². The highest BCUT2D eigenvalue weighted by atomic mass is 32.3. The van der Waals surface area contributed by atoms with Crippen LogP contribution in [0.25, 0.3) is 0 Å². The van der Waals surface area contributed by atoms with Crippen LogP contribution in [-0.4, -0.2) is 13.5 Å². The summed E-state index contributed by atoms with van der Waals surface area (Å²) >= 11 is 0. The Morgan fingerprint density at radius 1 is 1.38 bits per heavy atom. The van der Waals surface area contributed by atoms with Gasteiger partial charge in [-0.1, -0.05) is 6.07 Å². The SMILES string of the molecule is Cc1ccc(O)c(S(=O)(=O)F)c1F. The van der Waals surface area contributed by atoms with Gasteiger partial charge in [-0.25, -0.2) is 4.39 Å². The minimum atomic E-state index is -5.21. The van der Waals surface area contributed by atoms with Crippen molar-refractivity contribution >= 4 is 10.2 Å². The second kappa shape index (κ2) is 2.95. The van der Waals surface area contributed by atoms with Crippen molar-refractivity contribution in [2.45, 2.75) is 11.8 Å². The number of aryl methyl sites for hydroxylation is 1. The molecule has 0 radical (unpaired) electrons. The van der Waals surface area contributed by atoms with Gasteiger partial charge in [0.25, 0.3) is 0 Å². The molecule has 0 bridgehead atoms. The van der Waals surface area contributed by atoms with Crippen LogP contribution in [0.3, 0.4) is 0 Å². The second-order valence-corrected chi connectivity index (χ2v) is 3.77. The van der Waals surface area contributed by atoms with Gasteiger partial charge in [0.1, 0.15) is 5.75 Å². The lowest BCUT2D eigenvalue weighted by Gasteiger charge is -2.02. The number of hydrogen-bond donors (Lipinski definition) is 1. The highest BCUT2D eigenvalue weighted by molar-refractivity contribution is 7.86. The molecule has 0 spiro atoms. The number of hydrogen-bond acceptors (Lipinski definition) is 3. The first-order chi connectivity index (χ1) is 5.84. The number of phenols is 1. The Bertz CT molecular complexity index is 439. The van der Waals surface area contributed by atoms with Crippen molar-refractivity contribution in [3.8, 4) is 5.75 Å². The number of rotatable bonds is 1. The third-order valence-corrected chi connectivity index (χ3v) is 2.39. The maximum Gasteiger partial charge on any atom is 0.338 e. The molecule has 0 aliphatic carbocycles. The molecule has 6 heteroatoms. The van der Waals surface area contributed by atoms with Crippen LogP contribution in [-0.2, 0) is 10.2 Å². The molecule has 1 aromatic rings. The first-order valence-corrected chi connectivity index (χ1v) is 4.65. The van der Waals surface area contributed by atoms with E-state index in [1.54, 1.807) is 0 Å². The minimum absolute atomic E-state index is 0.0472. The van der Waals surface area contributed by atoms with Crippen LogP contribution >= 0.6 is 0 Å². The average Bonchev–Trinajstić information content (AvgIpc) is 1.95. The number of benzene rings is 1. The van der Waals surface area contributed by atoms with Crippen molar-refractivity contribution in [1.82, 2.24) is 0 Å². The average molecular weight is 208 g/mol. The maximum absolute atomic E-state index is 13.0. The standard InChI is InChI=1S/C7H6F2O3S/c1-4-2-3-5(10)7(6(4)8)13(9,11)12/h2-3,10H,1H3. The number of phenolic OH excluding ortho intramolecular Hbond substituents is 1. The smallest absolute Gasteiger partial charge is 0.338 e. The van der Waals surface area contributed by atoms with Gasteiger partial charge < -0.3 is 5.11 Å². The van der Waals surface area contributed by atoms with E-state index in [0.717, 1.165) is 12.1 Å². The van der Waals surface area contributed by atoms with Gasteiger partial charge in [-0.2, -0.15) is 8.42 Å². The van der Waals surface area contributed by atoms with E-state index < -0.39 is 26.7 Å². The summed E-state index contributed by atoms with van der Waals surface area (Å²) in [4.78, 5) is -1.30. The minimum Gasteiger partial charge on any atom is -0.506 e. The highest BCUT2D eigenvalue weighted by Crippen LogP contribution is 2.28. The Labute approximate surface area is 73.8 Å². The zero-order valence-electron chi connectivity index (χ0n) is 6.58. The molecule has 1 aromatic carbocycles. The summed E-state index contributed by atoms with van der Waals surface area (Å²) in [5, 5.41) is 8.89. The Morgan fingerprint density at radius 3 is 2.31 bits per heavy atom. The van der Waals surface area contributed by atoms with Crippen LogP contribution in [0.4, 0.5) is 8.28 Å². The lowest BCUT2D eigenvalue weighted by Crippen LogP contribution is -1.99. The maximum atomic E-state index is 13.0. The van der Waals surface area contributed by atoms with Crippen molar-refractivity contribution in [2.24, 2.45) is 0 Å². The molecule has 0 aliphatic heterocycles. The molecular weight excluding hydrogens is 202 g/mol. The first kappa shape index (κ1) is 9.91. The fraction of sp³-hybridized carbons (Fsp3) is 0.143. The van der Waals surface area contributed by atoms with Gasteiger partial charge in [0.2, 0.25) is 0 Å². The third-order valence-electron chi connectivity index (χ3n) is 1.51. The molecule has 0 unspecified atom stereocenters. The molecule has 0 fully saturated rings. The fourth-order valence-corrected chi connectivity index (χ4v) is 1.57. The fourth-order valence-electron chi connectivity index (χ4n) is 0.876. The van der Waals surface area contributed by atoms with Gasteiger partial charge in [0.05, 0.1) is 0 Å². The molecule has 0 saturated heterocycles. The second-order valence-electron chi connectivity index (χ2n) is 2.48. The molecule has 0 heterocycles. The molecule has 1 N–H and O–H groups in total. The van der Waals surface area contributed by atoms with E-state index >= 15 is 0 Å². The zero-order chi connectivity index (χ0) is 10.2. The molecular formula is C7H6F2O3S. The van der Waals surface area contributed by atoms with E-state index in [9.17, 15) is 16.7 Å². The van der Waals surface area contributed by atoms with Crippen LogP contribution in [0.15, 0.2) is 17.0 Å². The van der Waals surface area contributed by atoms with Crippen molar-refractivity contribution in [3.05, 3.63) is 23.5 Å². The van der Waals surface area contributed by atoms with E-state index in [2.05, 4.69) is 0 Å². The van der Waals surface area contributed by atoms with Crippen LogP contribution in [0.1, 0.15) is 5.56 Å². The molecule has 0 amide bonds. The van der Waals surface area contributed by atoms with E-state index in [-0.39, 0.29) is 5.56 Å². The summed E-state index contributed by atoms with van der Waals surface area (Å²) in [7, 11) is -5.21. The Kier molecular flexibility index (Phi) is 2.25. The molecule has 0 saturated carbocycles. The lowest BCUT2D eigenvalue weighted by molar-refractivity contribution is 0.438. The van der Waals surface area contributed by atoms with Gasteiger partial charge in [0, 0.05) is 0 Å². The van der Waals surface area contributed by atoms with Crippen molar-refractivity contribution in [3.63, 3.8) is 0 Å². The Hall–Kier alpha value is -1.17. The Morgan fingerprint density at radius 2 is 1.92 bits per heavy atom. The number of aromatic hydroxyl groups is 1. The zero-order valence-corrected chi connectivity index (χ0v) is 7.40. The van der Waals surface area contributed by atoms with E-state index in [4.69, 9.17) is 5.11 Å². The third kappa shape index (κ3) is 1.77. The van der Waals surface area contributed by atoms with Crippen LogP contribution in [0, 0.1) is 12.7 Å². The first-order valence-electron chi connectivity index (χ1n) is 3.27. The van der Waals surface area contributed by atoms with Gasteiger partial charge in [-0.05, 0) is 18.6 Å². The summed E-state index contributed by atoms with van der Waals surface area (Å²) in [6.45, 7) is 1.27. The molecule has 0 aliphatic rings. The number of halogens is 2. The van der Waals surface area contributed by atoms with E-state index in [1.165, 1.54) is 6.92 Å². The molecule has 0 atom stereocenters. The van der Waals surface area contributed by atoms with Crippen molar-refractivity contribution < 1.29 is 21.8 Å². The van der Waals surface area contributed by atoms with Crippen molar-refractivity contribution in [1.29, 1.82) is 0 Å². The molecule has 0 aromatic heterocycles. The largest absolute Gasteiger partial charge is 0.506 e.